The summed E-state index contributed by atoms with van der Waals surface area (Å²) in [5.41, 5.74) is 2.61. The van der Waals surface area contributed by atoms with Crippen molar-refractivity contribution in [3.05, 3.63) is 0 Å². The summed E-state index contributed by atoms with van der Waals surface area (Å²) in [5, 5.41) is 0. The van der Waals surface area contributed by atoms with E-state index in [-0.39, 0.29) is 5.54 Å². The van der Waals surface area contributed by atoms with E-state index in [1.54, 1.807) is 0 Å². The second kappa shape index (κ2) is 5.14. The minimum absolute atomic E-state index is 0.0323. The molecule has 0 aromatic rings. The predicted octanol–water partition coefficient (Wildman–Crippen LogP) is 1.84. The molecule has 0 aliphatic heterocycles. The van der Waals surface area contributed by atoms with E-state index in [0.717, 1.165) is 18.7 Å². The highest BCUT2D eigenvalue weighted by Gasteiger charge is 2.08. The zero-order valence-corrected chi connectivity index (χ0v) is 8.65. The third-order valence-electron chi connectivity index (χ3n) is 1.40. The summed E-state index contributed by atoms with van der Waals surface area (Å²) in [6.07, 6.45) is 3.26. The van der Waals surface area contributed by atoms with Crippen LogP contribution >= 0.6 is 0 Å². The summed E-state index contributed by atoms with van der Waals surface area (Å²) in [6.45, 7) is 8.36. The molecule has 3 N–H and O–H groups in total. The average molecular weight is 171 g/mol. The van der Waals surface area contributed by atoms with E-state index in [1.807, 2.05) is 0 Å². The van der Waals surface area contributed by atoms with Crippen LogP contribution in [0.15, 0.2) is 4.99 Å². The Morgan fingerprint density at radius 2 is 2.00 bits per heavy atom. The molecule has 0 spiro atoms. The molecule has 72 valence electrons. The molecule has 3 heteroatoms. The monoisotopic (exact) mass is 171 g/mol. The quantitative estimate of drug-likeness (QED) is 0.294. The maximum Gasteiger partial charge on any atom is 0.111 e. The van der Waals surface area contributed by atoms with Gasteiger partial charge in [-0.1, -0.05) is 13.3 Å². The highest BCUT2D eigenvalue weighted by Crippen LogP contribution is 2.07. The molecule has 0 fully saturated rings. The van der Waals surface area contributed by atoms with Crippen molar-refractivity contribution in [3.63, 3.8) is 0 Å². The summed E-state index contributed by atoms with van der Waals surface area (Å²) in [7, 11) is 0. The first-order valence-corrected chi connectivity index (χ1v) is 4.55. The van der Waals surface area contributed by atoms with E-state index in [9.17, 15) is 0 Å². The van der Waals surface area contributed by atoms with Gasteiger partial charge in [0, 0.05) is 6.42 Å². The first kappa shape index (κ1) is 11.4. The van der Waals surface area contributed by atoms with Gasteiger partial charge in [-0.3, -0.25) is 4.99 Å². The van der Waals surface area contributed by atoms with Gasteiger partial charge in [0.2, 0.25) is 0 Å². The maximum atomic E-state index is 5.34. The lowest BCUT2D eigenvalue weighted by atomic mass is 10.1. The van der Waals surface area contributed by atoms with E-state index >= 15 is 0 Å². The Kier molecular flexibility index (Phi) is 4.90. The second-order valence-electron chi connectivity index (χ2n) is 3.98. The standard InChI is InChI=1S/C9H21N3/c1-5-6-7-8(12-10)11-9(2,3)4/h5-7,10H2,1-4H3,(H,11,12). The minimum Gasteiger partial charge on any atom is -0.312 e. The average Bonchev–Trinajstić information content (AvgIpc) is 1.95. The van der Waals surface area contributed by atoms with Crippen LogP contribution in [0.25, 0.3) is 0 Å². The molecule has 0 saturated heterocycles. The lowest BCUT2D eigenvalue weighted by molar-refractivity contribution is 0.575. The number of unbranched alkanes of at least 4 members (excludes halogenated alkanes) is 1. The number of aliphatic imine (C=N–C) groups is 1. The molecule has 0 radical (unpaired) electrons. The summed E-state index contributed by atoms with van der Waals surface area (Å²) < 4.78 is 0. The molecular weight excluding hydrogens is 150 g/mol. The topological polar surface area (TPSA) is 50.4 Å². The molecule has 0 atom stereocenters. The smallest absolute Gasteiger partial charge is 0.111 e. The van der Waals surface area contributed by atoms with Gasteiger partial charge >= 0.3 is 0 Å². The highest BCUT2D eigenvalue weighted by molar-refractivity contribution is 5.81. The van der Waals surface area contributed by atoms with Crippen LogP contribution in [-0.2, 0) is 0 Å². The van der Waals surface area contributed by atoms with Crippen LogP contribution in [0.2, 0.25) is 0 Å². The molecule has 0 saturated carbocycles. The van der Waals surface area contributed by atoms with Crippen molar-refractivity contribution >= 4 is 5.84 Å². The molecule has 0 aromatic carbocycles. The Bertz CT molecular complexity index is 144. The zero-order chi connectivity index (χ0) is 9.61. The van der Waals surface area contributed by atoms with E-state index in [0.29, 0.717) is 0 Å². The van der Waals surface area contributed by atoms with Gasteiger partial charge in [0.25, 0.3) is 0 Å². The fourth-order valence-corrected chi connectivity index (χ4v) is 0.909. The highest BCUT2D eigenvalue weighted by atomic mass is 15.3. The van der Waals surface area contributed by atoms with Crippen molar-refractivity contribution < 1.29 is 0 Å². The normalized spacial score (nSPS) is 13.2. The van der Waals surface area contributed by atoms with E-state index in [1.165, 1.54) is 6.42 Å². The number of amidine groups is 1. The molecule has 3 nitrogen and oxygen atoms in total. The number of hydrogen-bond donors (Lipinski definition) is 2. The van der Waals surface area contributed by atoms with Crippen LogP contribution in [0.5, 0.6) is 0 Å². The number of rotatable bonds is 3. The van der Waals surface area contributed by atoms with Gasteiger partial charge in [-0.15, -0.1) is 0 Å². The second-order valence-corrected chi connectivity index (χ2v) is 3.98. The number of hydrazine groups is 1. The Morgan fingerprint density at radius 3 is 2.33 bits per heavy atom. The molecule has 0 amide bonds. The van der Waals surface area contributed by atoms with Gasteiger partial charge in [-0.05, 0) is 27.2 Å². The fourth-order valence-electron chi connectivity index (χ4n) is 0.909. The first-order valence-electron chi connectivity index (χ1n) is 4.55. The third-order valence-corrected chi connectivity index (χ3v) is 1.40. The third kappa shape index (κ3) is 6.16. The van der Waals surface area contributed by atoms with Crippen LogP contribution < -0.4 is 11.3 Å². The number of nitrogens with two attached hydrogens (primary N) is 1. The Balaban J connectivity index is 4.04. The van der Waals surface area contributed by atoms with Crippen molar-refractivity contribution in [2.75, 3.05) is 0 Å². The lowest BCUT2D eigenvalue weighted by Crippen LogP contribution is -2.32. The summed E-state index contributed by atoms with van der Waals surface area (Å²) in [6, 6.07) is 0. The summed E-state index contributed by atoms with van der Waals surface area (Å²) in [5.74, 6) is 6.25. The Morgan fingerprint density at radius 1 is 1.42 bits per heavy atom. The van der Waals surface area contributed by atoms with E-state index in [4.69, 9.17) is 5.84 Å². The molecule has 0 aliphatic rings. The lowest BCUT2D eigenvalue weighted by Gasteiger charge is -2.15. The Labute approximate surface area is 75.4 Å². The molecule has 12 heavy (non-hydrogen) atoms. The van der Waals surface area contributed by atoms with Crippen LogP contribution in [0, 0.1) is 0 Å². The van der Waals surface area contributed by atoms with Crippen LogP contribution in [-0.4, -0.2) is 11.4 Å². The van der Waals surface area contributed by atoms with Gasteiger partial charge in [0.1, 0.15) is 5.84 Å². The van der Waals surface area contributed by atoms with Gasteiger partial charge in [-0.2, -0.15) is 0 Å². The molecular formula is C9H21N3. The zero-order valence-electron chi connectivity index (χ0n) is 8.65. The number of hydrogen-bond acceptors (Lipinski definition) is 2. The Hall–Kier alpha value is -0.570. The van der Waals surface area contributed by atoms with Crippen molar-refractivity contribution in [2.45, 2.75) is 52.5 Å². The van der Waals surface area contributed by atoms with Gasteiger partial charge in [0.05, 0.1) is 5.54 Å². The van der Waals surface area contributed by atoms with Crippen LogP contribution in [0.3, 0.4) is 0 Å². The van der Waals surface area contributed by atoms with Crippen LogP contribution in [0.4, 0.5) is 0 Å². The molecule has 0 bridgehead atoms. The number of nitrogens with one attached hydrogen (secondary N) is 1. The molecule has 0 unspecified atom stereocenters. The van der Waals surface area contributed by atoms with Crippen molar-refractivity contribution in [3.8, 4) is 0 Å². The summed E-state index contributed by atoms with van der Waals surface area (Å²) in [4.78, 5) is 4.45. The van der Waals surface area contributed by atoms with Crippen molar-refractivity contribution in [1.29, 1.82) is 0 Å². The number of nitrogens with zero attached hydrogens (tertiary/aromatic N) is 1. The SMILES string of the molecule is CCCCC(=NC(C)(C)C)NN. The minimum atomic E-state index is -0.0323. The summed E-state index contributed by atoms with van der Waals surface area (Å²) >= 11 is 0. The van der Waals surface area contributed by atoms with Gasteiger partial charge < -0.3 is 5.43 Å². The molecule has 0 rings (SSSR count). The predicted molar refractivity (Wildman–Crippen MR) is 54.0 cm³/mol. The van der Waals surface area contributed by atoms with Gasteiger partial charge in [-0.25, -0.2) is 5.84 Å². The fraction of sp³-hybridized carbons (Fsp3) is 0.889. The molecule has 0 heterocycles. The maximum absolute atomic E-state index is 5.34. The van der Waals surface area contributed by atoms with E-state index in [2.05, 4.69) is 38.1 Å². The molecule has 0 aliphatic carbocycles. The van der Waals surface area contributed by atoms with Crippen molar-refractivity contribution in [1.82, 2.24) is 5.43 Å². The first-order chi connectivity index (χ1) is 5.49. The van der Waals surface area contributed by atoms with Gasteiger partial charge in [0.15, 0.2) is 0 Å². The van der Waals surface area contributed by atoms with Crippen LogP contribution in [0.1, 0.15) is 47.0 Å². The molecule has 0 aromatic heterocycles. The largest absolute Gasteiger partial charge is 0.312 e. The van der Waals surface area contributed by atoms with Crippen molar-refractivity contribution in [2.24, 2.45) is 10.8 Å². The van der Waals surface area contributed by atoms with E-state index < -0.39 is 0 Å².